The number of pyridine rings is 1. The lowest BCUT2D eigenvalue weighted by molar-refractivity contribution is -0.384. The molecule has 4 rings (SSSR count). The van der Waals surface area contributed by atoms with Crippen molar-refractivity contribution >= 4 is 51.5 Å². The first-order valence-electron chi connectivity index (χ1n) is 9.59. The van der Waals surface area contributed by atoms with E-state index in [0.29, 0.717) is 22.3 Å². The number of rotatable bonds is 5. The van der Waals surface area contributed by atoms with E-state index >= 15 is 0 Å². The quantitative estimate of drug-likeness (QED) is 0.243. The molecule has 1 N–H and O–H groups in total. The molecule has 2 aromatic carbocycles. The van der Waals surface area contributed by atoms with Gasteiger partial charge in [-0.15, -0.1) is 0 Å². The van der Waals surface area contributed by atoms with Crippen molar-refractivity contribution in [3.05, 3.63) is 97.8 Å². The smallest absolute Gasteiger partial charge is 0.328 e. The molecular weight excluding hydrogens is 496 g/mol. The number of non-ortho nitro benzene ring substituents is 1. The molecule has 0 saturated heterocycles. The maximum atomic E-state index is 12.9. The first kappa shape index (κ1) is 23.5. The number of fused-ring (bicyclic) bond motifs is 1. The van der Waals surface area contributed by atoms with E-state index in [1.165, 1.54) is 24.4 Å². The van der Waals surface area contributed by atoms with Gasteiger partial charge in [-0.05, 0) is 35.9 Å². The van der Waals surface area contributed by atoms with Crippen molar-refractivity contribution in [2.75, 3.05) is 5.32 Å². The third kappa shape index (κ3) is 4.82. The topological polar surface area (TPSA) is 90.1 Å². The summed E-state index contributed by atoms with van der Waals surface area (Å²) in [4.78, 5) is 27.2. The minimum atomic E-state index is -4.49. The maximum Gasteiger partial charge on any atom is 0.416 e. The molecule has 0 spiro atoms. The Morgan fingerprint density at radius 3 is 2.53 bits per heavy atom. The van der Waals surface area contributed by atoms with Crippen LogP contribution in [0.1, 0.15) is 21.5 Å². The lowest BCUT2D eigenvalue weighted by Gasteiger charge is -2.11. The second-order valence-corrected chi connectivity index (χ2v) is 8.07. The van der Waals surface area contributed by atoms with Crippen LogP contribution >= 0.6 is 23.2 Å². The van der Waals surface area contributed by atoms with E-state index < -0.39 is 22.6 Å². The molecule has 0 aliphatic heterocycles. The van der Waals surface area contributed by atoms with Crippen LogP contribution in [0.3, 0.4) is 0 Å². The van der Waals surface area contributed by atoms with E-state index in [9.17, 15) is 28.1 Å². The van der Waals surface area contributed by atoms with Crippen LogP contribution in [0.5, 0.6) is 0 Å². The Morgan fingerprint density at radius 1 is 1.09 bits per heavy atom. The highest BCUT2D eigenvalue weighted by Crippen LogP contribution is 2.32. The number of hydrogen-bond donors (Lipinski definition) is 1. The monoisotopic (exact) mass is 508 g/mol. The lowest BCUT2D eigenvalue weighted by Crippen LogP contribution is -2.13. The van der Waals surface area contributed by atoms with Gasteiger partial charge >= 0.3 is 6.18 Å². The Bertz CT molecular complexity index is 1440. The first-order valence-corrected chi connectivity index (χ1v) is 10.3. The number of halogens is 5. The fourth-order valence-corrected chi connectivity index (χ4v) is 3.75. The second kappa shape index (κ2) is 8.96. The Morgan fingerprint density at radius 2 is 1.85 bits per heavy atom. The summed E-state index contributed by atoms with van der Waals surface area (Å²) in [6.07, 6.45) is -1.41. The second-order valence-electron chi connectivity index (χ2n) is 7.26. The molecule has 0 saturated carbocycles. The number of carbonyl (C=O) groups is 1. The summed E-state index contributed by atoms with van der Waals surface area (Å²) in [6.45, 7) is 0.183. The molecule has 2 heterocycles. The van der Waals surface area contributed by atoms with Crippen molar-refractivity contribution in [2.24, 2.45) is 0 Å². The van der Waals surface area contributed by atoms with Crippen LogP contribution in [0.2, 0.25) is 10.0 Å². The molecule has 4 aromatic rings. The van der Waals surface area contributed by atoms with Crippen LogP contribution in [0.15, 0.2) is 60.9 Å². The maximum absolute atomic E-state index is 12.9. The summed E-state index contributed by atoms with van der Waals surface area (Å²) >= 11 is 12.1. The molecule has 2 aromatic heterocycles. The summed E-state index contributed by atoms with van der Waals surface area (Å²) in [5, 5.41) is 14.2. The number of amides is 1. The van der Waals surface area contributed by atoms with Gasteiger partial charge in [-0.3, -0.25) is 14.9 Å². The minimum Gasteiger partial charge on any atom is -0.328 e. The molecule has 0 aliphatic carbocycles. The van der Waals surface area contributed by atoms with Crippen molar-refractivity contribution in [1.29, 1.82) is 0 Å². The fourth-order valence-electron chi connectivity index (χ4n) is 3.31. The van der Waals surface area contributed by atoms with E-state index in [-0.39, 0.29) is 27.8 Å². The standard InChI is InChI=1S/C22H13Cl2F3N4O3/c23-18-4-3-16(31(33)34)9-17(18)21(32)29-15-7-12-5-6-30(20(12)28-10-15)11-13-1-2-14(8-19(13)24)22(25,26)27/h1-10H,11H2,(H,29,32). The van der Waals surface area contributed by atoms with Gasteiger partial charge in [-0.1, -0.05) is 29.3 Å². The largest absolute Gasteiger partial charge is 0.416 e. The molecule has 0 bridgehead atoms. The van der Waals surface area contributed by atoms with Gasteiger partial charge in [0.05, 0.1) is 39.5 Å². The van der Waals surface area contributed by atoms with Crippen LogP contribution in [0.4, 0.5) is 24.5 Å². The average Bonchev–Trinajstić information content (AvgIpc) is 3.16. The van der Waals surface area contributed by atoms with Gasteiger partial charge in [0.1, 0.15) is 5.65 Å². The summed E-state index contributed by atoms with van der Waals surface area (Å²) < 4.78 is 40.3. The van der Waals surface area contributed by atoms with Gasteiger partial charge < -0.3 is 9.88 Å². The zero-order valence-electron chi connectivity index (χ0n) is 16.9. The molecular formula is C22H13Cl2F3N4O3. The van der Waals surface area contributed by atoms with Gasteiger partial charge in [0, 0.05) is 28.7 Å². The van der Waals surface area contributed by atoms with Crippen LogP contribution < -0.4 is 5.32 Å². The molecule has 0 unspecified atom stereocenters. The van der Waals surface area contributed by atoms with Gasteiger partial charge in [0.15, 0.2) is 0 Å². The zero-order valence-corrected chi connectivity index (χ0v) is 18.4. The SMILES string of the molecule is O=C(Nc1cnc2c(ccn2Cc2ccc(C(F)(F)F)cc2Cl)c1)c1cc([N+](=O)[O-])ccc1Cl. The number of nitrogens with zero attached hydrogens (tertiary/aromatic N) is 3. The Kier molecular flexibility index (Phi) is 6.20. The first-order chi connectivity index (χ1) is 16.0. The summed E-state index contributed by atoms with van der Waals surface area (Å²) in [6, 6.07) is 10.0. The van der Waals surface area contributed by atoms with E-state index in [1.807, 2.05) is 0 Å². The van der Waals surface area contributed by atoms with Gasteiger partial charge in [-0.2, -0.15) is 13.2 Å². The molecule has 1 amide bonds. The number of hydrogen-bond acceptors (Lipinski definition) is 4. The number of nitrogens with one attached hydrogen (secondary N) is 1. The van der Waals surface area contributed by atoms with Crippen molar-refractivity contribution in [1.82, 2.24) is 9.55 Å². The van der Waals surface area contributed by atoms with Gasteiger partial charge in [-0.25, -0.2) is 4.98 Å². The van der Waals surface area contributed by atoms with E-state index in [4.69, 9.17) is 23.2 Å². The lowest BCUT2D eigenvalue weighted by atomic mass is 10.1. The molecule has 34 heavy (non-hydrogen) atoms. The van der Waals surface area contributed by atoms with Crippen molar-refractivity contribution in [3.63, 3.8) is 0 Å². The highest BCUT2D eigenvalue weighted by molar-refractivity contribution is 6.34. The van der Waals surface area contributed by atoms with Crippen molar-refractivity contribution in [2.45, 2.75) is 12.7 Å². The predicted molar refractivity (Wildman–Crippen MR) is 121 cm³/mol. The number of aromatic nitrogens is 2. The molecule has 0 aliphatic rings. The van der Waals surface area contributed by atoms with Crippen LogP contribution in [0.25, 0.3) is 11.0 Å². The summed E-state index contributed by atoms with van der Waals surface area (Å²) in [5.74, 6) is -0.647. The molecule has 7 nitrogen and oxygen atoms in total. The predicted octanol–water partition coefficient (Wildman–Crippen LogP) is 6.57. The van der Waals surface area contributed by atoms with Crippen LogP contribution in [0, 0.1) is 10.1 Å². The third-order valence-electron chi connectivity index (χ3n) is 4.99. The van der Waals surface area contributed by atoms with Gasteiger partial charge in [0.2, 0.25) is 0 Å². The van der Waals surface area contributed by atoms with Crippen LogP contribution in [-0.4, -0.2) is 20.4 Å². The number of benzene rings is 2. The Labute approximate surface area is 199 Å². The number of alkyl halides is 3. The van der Waals surface area contributed by atoms with Crippen LogP contribution in [-0.2, 0) is 12.7 Å². The van der Waals surface area contributed by atoms with Crippen molar-refractivity contribution < 1.29 is 22.9 Å². The van der Waals surface area contributed by atoms with E-state index in [1.54, 1.807) is 22.9 Å². The summed E-state index contributed by atoms with van der Waals surface area (Å²) in [5.41, 5.74) is 0.146. The highest BCUT2D eigenvalue weighted by atomic mass is 35.5. The molecule has 12 heteroatoms. The number of carbonyl (C=O) groups excluding carboxylic acids is 1. The fraction of sp³-hybridized carbons (Fsp3) is 0.0909. The Balaban J connectivity index is 1.56. The normalized spacial score (nSPS) is 11.6. The molecule has 174 valence electrons. The molecule has 0 fully saturated rings. The Hall–Kier alpha value is -3.63. The third-order valence-corrected chi connectivity index (χ3v) is 5.67. The van der Waals surface area contributed by atoms with E-state index in [2.05, 4.69) is 10.3 Å². The van der Waals surface area contributed by atoms with Gasteiger partial charge in [0.25, 0.3) is 11.6 Å². The van der Waals surface area contributed by atoms with E-state index in [0.717, 1.165) is 18.2 Å². The highest BCUT2D eigenvalue weighted by Gasteiger charge is 2.30. The average molecular weight is 509 g/mol. The summed E-state index contributed by atoms with van der Waals surface area (Å²) in [7, 11) is 0. The molecule has 0 radical (unpaired) electrons. The van der Waals surface area contributed by atoms with Crippen molar-refractivity contribution in [3.8, 4) is 0 Å². The number of anilines is 1. The number of nitro benzene ring substituents is 1. The molecule has 0 atom stereocenters. The zero-order chi connectivity index (χ0) is 24.6. The minimum absolute atomic E-state index is 0.0191. The number of nitro groups is 1.